The van der Waals surface area contributed by atoms with Crippen LogP contribution in [0, 0.1) is 13.8 Å². The van der Waals surface area contributed by atoms with Crippen molar-refractivity contribution in [2.24, 2.45) is 0 Å². The summed E-state index contributed by atoms with van der Waals surface area (Å²) in [4.78, 5) is 19.3. The maximum Gasteiger partial charge on any atom is 0.254 e. The number of nitrogens with zero attached hydrogens (tertiary/aromatic N) is 1. The van der Waals surface area contributed by atoms with Crippen LogP contribution in [0.2, 0.25) is 0 Å². The monoisotopic (exact) mass is 265 g/mol. The SMILES string of the molecule is CO[NH2+]c1c(C)cc(C(=O)N2CCOCC2)cc1C. The van der Waals surface area contributed by atoms with Crippen molar-refractivity contribution in [3.63, 3.8) is 0 Å². The van der Waals surface area contributed by atoms with Crippen molar-refractivity contribution in [1.29, 1.82) is 0 Å². The molecule has 0 aliphatic carbocycles. The van der Waals surface area contributed by atoms with Crippen molar-refractivity contribution < 1.29 is 19.8 Å². The molecule has 1 amide bonds. The number of hydrogen-bond donors (Lipinski definition) is 1. The van der Waals surface area contributed by atoms with Crippen LogP contribution < -0.4 is 5.48 Å². The number of morpholine rings is 1. The van der Waals surface area contributed by atoms with Crippen molar-refractivity contribution in [3.8, 4) is 0 Å². The van der Waals surface area contributed by atoms with Crippen LogP contribution in [0.15, 0.2) is 12.1 Å². The van der Waals surface area contributed by atoms with E-state index in [0.29, 0.717) is 26.3 Å². The van der Waals surface area contributed by atoms with Gasteiger partial charge in [-0.1, -0.05) is 0 Å². The molecule has 2 N–H and O–H groups in total. The largest absolute Gasteiger partial charge is 0.378 e. The Morgan fingerprint density at radius 3 is 2.37 bits per heavy atom. The summed E-state index contributed by atoms with van der Waals surface area (Å²) in [5.74, 6) is 0.0819. The molecule has 104 valence electrons. The topological polar surface area (TPSA) is 55.4 Å². The van der Waals surface area contributed by atoms with E-state index in [-0.39, 0.29) is 5.91 Å². The van der Waals surface area contributed by atoms with Gasteiger partial charge < -0.3 is 9.64 Å². The van der Waals surface area contributed by atoms with E-state index in [1.165, 1.54) is 0 Å². The Morgan fingerprint density at radius 2 is 1.84 bits per heavy atom. The number of nitrogens with two attached hydrogens (primary N) is 1. The zero-order valence-electron chi connectivity index (χ0n) is 11.7. The van der Waals surface area contributed by atoms with Crippen molar-refractivity contribution in [2.75, 3.05) is 33.4 Å². The van der Waals surface area contributed by atoms with Gasteiger partial charge in [0, 0.05) is 29.8 Å². The second-order valence-electron chi connectivity index (χ2n) is 4.78. The Balaban J connectivity index is 2.22. The molecule has 0 saturated carbocycles. The van der Waals surface area contributed by atoms with Gasteiger partial charge in [0.1, 0.15) is 0 Å². The molecule has 1 aliphatic rings. The number of rotatable bonds is 3. The van der Waals surface area contributed by atoms with Crippen molar-refractivity contribution >= 4 is 11.6 Å². The van der Waals surface area contributed by atoms with Crippen LogP contribution in [0.1, 0.15) is 21.5 Å². The lowest BCUT2D eigenvalue weighted by Crippen LogP contribution is -2.76. The Bertz CT molecular complexity index is 445. The summed E-state index contributed by atoms with van der Waals surface area (Å²) < 4.78 is 5.27. The molecule has 1 heterocycles. The van der Waals surface area contributed by atoms with Gasteiger partial charge in [-0.25, -0.2) is 4.84 Å². The molecule has 19 heavy (non-hydrogen) atoms. The van der Waals surface area contributed by atoms with Gasteiger partial charge >= 0.3 is 0 Å². The minimum absolute atomic E-state index is 0.0819. The van der Waals surface area contributed by atoms with Crippen LogP contribution in [-0.2, 0) is 9.57 Å². The van der Waals surface area contributed by atoms with Gasteiger partial charge in [0.15, 0.2) is 5.69 Å². The van der Waals surface area contributed by atoms with Crippen LogP contribution in [0.4, 0.5) is 5.69 Å². The number of carbonyl (C=O) groups excluding carboxylic acids is 1. The number of hydrogen-bond acceptors (Lipinski definition) is 3. The highest BCUT2D eigenvalue weighted by molar-refractivity contribution is 5.95. The van der Waals surface area contributed by atoms with Crippen LogP contribution >= 0.6 is 0 Å². The van der Waals surface area contributed by atoms with E-state index in [1.807, 2.05) is 30.9 Å². The van der Waals surface area contributed by atoms with Crippen LogP contribution in [0.25, 0.3) is 0 Å². The van der Waals surface area contributed by atoms with E-state index in [1.54, 1.807) is 12.6 Å². The maximum absolute atomic E-state index is 12.4. The number of ether oxygens (including phenoxy) is 1. The fraction of sp³-hybridized carbons (Fsp3) is 0.500. The van der Waals surface area contributed by atoms with Crippen molar-refractivity contribution in [1.82, 2.24) is 4.90 Å². The molecule has 0 atom stereocenters. The standard InChI is InChI=1S/C14H20N2O3/c1-10-8-12(9-11(2)13(10)15-18-3)14(17)16-4-6-19-7-5-16/h8-9,15H,4-7H2,1-3H3/p+1. The minimum atomic E-state index is 0.0819. The summed E-state index contributed by atoms with van der Waals surface area (Å²) in [7, 11) is 1.63. The fourth-order valence-electron chi connectivity index (χ4n) is 2.35. The normalized spacial score (nSPS) is 15.6. The van der Waals surface area contributed by atoms with E-state index in [9.17, 15) is 4.79 Å². The molecular weight excluding hydrogens is 244 g/mol. The molecule has 0 bridgehead atoms. The first kappa shape index (κ1) is 14.0. The summed E-state index contributed by atoms with van der Waals surface area (Å²) in [6, 6.07) is 3.85. The third kappa shape index (κ3) is 3.12. The lowest BCUT2D eigenvalue weighted by atomic mass is 10.0. The summed E-state index contributed by atoms with van der Waals surface area (Å²) >= 11 is 0. The molecule has 0 radical (unpaired) electrons. The zero-order valence-corrected chi connectivity index (χ0v) is 11.7. The number of quaternary nitrogens is 1. The number of benzene rings is 1. The molecule has 0 aromatic heterocycles. The zero-order chi connectivity index (χ0) is 13.8. The average Bonchev–Trinajstić information content (AvgIpc) is 2.43. The predicted molar refractivity (Wildman–Crippen MR) is 71.2 cm³/mol. The predicted octanol–water partition coefficient (Wildman–Crippen LogP) is 0.532. The van der Waals surface area contributed by atoms with Crippen molar-refractivity contribution in [3.05, 3.63) is 28.8 Å². The van der Waals surface area contributed by atoms with Gasteiger partial charge in [0.25, 0.3) is 5.91 Å². The smallest absolute Gasteiger partial charge is 0.254 e. The van der Waals surface area contributed by atoms with Gasteiger partial charge in [-0.05, 0) is 26.0 Å². The molecule has 1 fully saturated rings. The number of aryl methyl sites for hydroxylation is 2. The molecular formula is C14H21N2O3+. The highest BCUT2D eigenvalue weighted by Crippen LogP contribution is 2.19. The molecule has 1 aromatic rings. The Labute approximate surface area is 113 Å². The fourth-order valence-corrected chi connectivity index (χ4v) is 2.35. The third-order valence-electron chi connectivity index (χ3n) is 3.37. The first-order valence-corrected chi connectivity index (χ1v) is 6.47. The van der Waals surface area contributed by atoms with Gasteiger partial charge in [-0.3, -0.25) is 4.79 Å². The molecule has 0 unspecified atom stereocenters. The molecule has 1 saturated heterocycles. The van der Waals surface area contributed by atoms with E-state index >= 15 is 0 Å². The highest BCUT2D eigenvalue weighted by Gasteiger charge is 2.20. The molecule has 2 rings (SSSR count). The number of carbonyl (C=O) groups is 1. The Kier molecular flexibility index (Phi) is 4.52. The van der Waals surface area contributed by atoms with E-state index in [4.69, 9.17) is 9.57 Å². The molecule has 5 nitrogen and oxygen atoms in total. The molecule has 0 spiro atoms. The Morgan fingerprint density at radius 1 is 1.26 bits per heavy atom. The summed E-state index contributed by atoms with van der Waals surface area (Å²) in [5, 5.41) is 0. The molecule has 1 aromatic carbocycles. The lowest BCUT2D eigenvalue weighted by Gasteiger charge is -2.27. The van der Waals surface area contributed by atoms with Gasteiger partial charge in [-0.15, -0.1) is 0 Å². The van der Waals surface area contributed by atoms with Crippen LogP contribution in [-0.4, -0.2) is 44.2 Å². The maximum atomic E-state index is 12.4. The lowest BCUT2D eigenvalue weighted by molar-refractivity contribution is -0.830. The second kappa shape index (κ2) is 6.14. The van der Waals surface area contributed by atoms with E-state index in [2.05, 4.69) is 0 Å². The first-order chi connectivity index (χ1) is 9.13. The molecule has 1 aliphatic heterocycles. The van der Waals surface area contributed by atoms with Crippen LogP contribution in [0.5, 0.6) is 0 Å². The van der Waals surface area contributed by atoms with Crippen LogP contribution in [0.3, 0.4) is 0 Å². The summed E-state index contributed by atoms with van der Waals surface area (Å²) in [5.41, 5.74) is 5.61. The second-order valence-corrected chi connectivity index (χ2v) is 4.78. The highest BCUT2D eigenvalue weighted by atomic mass is 16.6. The van der Waals surface area contributed by atoms with E-state index < -0.39 is 0 Å². The van der Waals surface area contributed by atoms with Crippen molar-refractivity contribution in [2.45, 2.75) is 13.8 Å². The number of amides is 1. The van der Waals surface area contributed by atoms with Gasteiger partial charge in [-0.2, -0.15) is 5.48 Å². The van der Waals surface area contributed by atoms with E-state index in [0.717, 1.165) is 22.4 Å². The average molecular weight is 265 g/mol. The first-order valence-electron chi connectivity index (χ1n) is 6.47. The van der Waals surface area contributed by atoms with Gasteiger partial charge in [0.2, 0.25) is 0 Å². The summed E-state index contributed by atoms with van der Waals surface area (Å²) in [6.45, 7) is 6.58. The Hall–Kier alpha value is -1.43. The third-order valence-corrected chi connectivity index (χ3v) is 3.37. The molecule has 5 heteroatoms. The van der Waals surface area contributed by atoms with Gasteiger partial charge in [0.05, 0.1) is 20.3 Å². The minimum Gasteiger partial charge on any atom is -0.378 e. The quantitative estimate of drug-likeness (QED) is 0.641. The summed E-state index contributed by atoms with van der Waals surface area (Å²) in [6.07, 6.45) is 0.